The van der Waals surface area contributed by atoms with Gasteiger partial charge in [-0.1, -0.05) is 107 Å². The normalized spacial score (nSPS) is 10.7. The van der Waals surface area contributed by atoms with E-state index in [1.54, 1.807) is 0 Å². The van der Waals surface area contributed by atoms with Gasteiger partial charge in [0.15, 0.2) is 8.15 Å². The Hall–Kier alpha value is -2.41. The summed E-state index contributed by atoms with van der Waals surface area (Å²) in [6.07, 6.45) is 0. The van der Waals surface area contributed by atoms with Crippen LogP contribution in [0.4, 0.5) is 0 Å². The first kappa shape index (κ1) is 18.0. The van der Waals surface area contributed by atoms with E-state index in [0.29, 0.717) is 0 Å². The van der Waals surface area contributed by atoms with E-state index in [4.69, 9.17) is 4.52 Å². The standard InChI is InChI=1S/C24H18BrOP/c25-20-17-15-19(16-18-20)23-13-7-8-14-24(23)26-27(21-9-3-1-4-10-21)22-11-5-2-6-12-22/h1-18H. The molecule has 0 radical (unpaired) electrons. The lowest BCUT2D eigenvalue weighted by molar-refractivity contribution is 0.632. The Labute approximate surface area is 169 Å². The predicted molar refractivity (Wildman–Crippen MR) is 119 cm³/mol. The van der Waals surface area contributed by atoms with E-state index < -0.39 is 8.15 Å². The van der Waals surface area contributed by atoms with Gasteiger partial charge in [0.25, 0.3) is 0 Å². The summed E-state index contributed by atoms with van der Waals surface area (Å²) in [5, 5.41) is 2.40. The maximum atomic E-state index is 6.66. The molecule has 0 spiro atoms. The van der Waals surface area contributed by atoms with Crippen LogP contribution in [0.25, 0.3) is 11.1 Å². The lowest BCUT2D eigenvalue weighted by Crippen LogP contribution is -2.15. The Morgan fingerprint density at radius 2 is 1.07 bits per heavy atom. The molecule has 4 aromatic rings. The summed E-state index contributed by atoms with van der Waals surface area (Å²) in [6, 6.07) is 37.5. The first-order valence-electron chi connectivity index (χ1n) is 8.74. The molecule has 0 amide bonds. The van der Waals surface area contributed by atoms with Crippen LogP contribution in [-0.2, 0) is 0 Å². The van der Waals surface area contributed by atoms with Crippen LogP contribution < -0.4 is 15.1 Å². The van der Waals surface area contributed by atoms with Crippen molar-refractivity contribution in [3.05, 3.63) is 114 Å². The van der Waals surface area contributed by atoms with Gasteiger partial charge in [-0.15, -0.1) is 0 Å². The molecule has 0 unspecified atom stereocenters. The van der Waals surface area contributed by atoms with E-state index in [9.17, 15) is 0 Å². The van der Waals surface area contributed by atoms with E-state index in [1.165, 1.54) is 10.6 Å². The molecule has 0 N–H and O–H groups in total. The highest BCUT2D eigenvalue weighted by molar-refractivity contribution is 9.10. The predicted octanol–water partition coefficient (Wildman–Crippen LogP) is 6.54. The fraction of sp³-hybridized carbons (Fsp3) is 0. The van der Waals surface area contributed by atoms with Crippen molar-refractivity contribution in [3.8, 4) is 16.9 Å². The smallest absolute Gasteiger partial charge is 0.150 e. The molecular weight excluding hydrogens is 415 g/mol. The molecule has 0 atom stereocenters. The van der Waals surface area contributed by atoms with Crippen LogP contribution in [0.15, 0.2) is 114 Å². The third-order valence-electron chi connectivity index (χ3n) is 4.21. The second-order valence-corrected chi connectivity index (χ2v) is 8.78. The van der Waals surface area contributed by atoms with Crippen LogP contribution in [0.5, 0.6) is 5.75 Å². The SMILES string of the molecule is Brc1ccc(-c2ccccc2OP(c2ccccc2)c2ccccc2)cc1. The third-order valence-corrected chi connectivity index (χ3v) is 6.66. The summed E-state index contributed by atoms with van der Waals surface area (Å²) < 4.78 is 7.73. The molecule has 0 heterocycles. The van der Waals surface area contributed by atoms with E-state index >= 15 is 0 Å². The van der Waals surface area contributed by atoms with Crippen molar-refractivity contribution < 1.29 is 4.52 Å². The summed E-state index contributed by atoms with van der Waals surface area (Å²) in [4.78, 5) is 0. The highest BCUT2D eigenvalue weighted by Crippen LogP contribution is 2.41. The summed E-state index contributed by atoms with van der Waals surface area (Å²) in [5.74, 6) is 0.902. The van der Waals surface area contributed by atoms with Crippen LogP contribution in [-0.4, -0.2) is 0 Å². The van der Waals surface area contributed by atoms with Crippen molar-refractivity contribution >= 4 is 34.7 Å². The second kappa shape index (κ2) is 8.52. The van der Waals surface area contributed by atoms with Crippen molar-refractivity contribution in [3.63, 3.8) is 0 Å². The zero-order valence-corrected chi connectivity index (χ0v) is 17.1. The quantitative estimate of drug-likeness (QED) is 0.325. The molecule has 4 rings (SSSR count). The van der Waals surface area contributed by atoms with Crippen LogP contribution in [0.2, 0.25) is 0 Å². The molecule has 0 saturated carbocycles. The van der Waals surface area contributed by atoms with Crippen LogP contribution >= 0.6 is 24.1 Å². The Kier molecular flexibility index (Phi) is 5.67. The summed E-state index contributed by atoms with van der Waals surface area (Å²) >= 11 is 3.51. The molecule has 27 heavy (non-hydrogen) atoms. The van der Waals surface area contributed by atoms with Gasteiger partial charge in [-0.3, -0.25) is 0 Å². The molecule has 4 aromatic carbocycles. The summed E-state index contributed by atoms with van der Waals surface area (Å²) in [7, 11) is -0.949. The monoisotopic (exact) mass is 432 g/mol. The average Bonchev–Trinajstić information content (AvgIpc) is 2.74. The first-order chi connectivity index (χ1) is 13.3. The Morgan fingerprint density at radius 3 is 1.67 bits per heavy atom. The summed E-state index contributed by atoms with van der Waals surface area (Å²) in [6.45, 7) is 0. The van der Waals surface area contributed by atoms with E-state index in [-0.39, 0.29) is 0 Å². The van der Waals surface area contributed by atoms with Gasteiger partial charge < -0.3 is 4.52 Å². The van der Waals surface area contributed by atoms with Crippen LogP contribution in [0.1, 0.15) is 0 Å². The Balaban J connectivity index is 1.75. The number of rotatable bonds is 5. The maximum Gasteiger partial charge on any atom is 0.150 e. The Morgan fingerprint density at radius 1 is 0.556 bits per heavy atom. The van der Waals surface area contributed by atoms with Gasteiger partial charge in [0, 0.05) is 20.6 Å². The highest BCUT2D eigenvalue weighted by Gasteiger charge is 2.18. The van der Waals surface area contributed by atoms with E-state index in [1.807, 2.05) is 18.2 Å². The number of para-hydroxylation sites is 1. The van der Waals surface area contributed by atoms with Gasteiger partial charge in [-0.25, -0.2) is 0 Å². The van der Waals surface area contributed by atoms with Gasteiger partial charge in [0.1, 0.15) is 5.75 Å². The van der Waals surface area contributed by atoms with Gasteiger partial charge >= 0.3 is 0 Å². The molecule has 0 fully saturated rings. The summed E-state index contributed by atoms with van der Waals surface area (Å²) in [5.41, 5.74) is 2.24. The van der Waals surface area contributed by atoms with Crippen LogP contribution in [0, 0.1) is 0 Å². The zero-order chi connectivity index (χ0) is 18.5. The Bertz CT molecular complexity index is 962. The topological polar surface area (TPSA) is 9.23 Å². The number of benzene rings is 4. The molecule has 0 saturated heterocycles. The molecule has 0 aliphatic carbocycles. The number of hydrogen-bond donors (Lipinski definition) is 0. The average molecular weight is 433 g/mol. The molecule has 1 nitrogen and oxygen atoms in total. The number of halogens is 1. The third kappa shape index (κ3) is 4.30. The fourth-order valence-corrected chi connectivity index (χ4v) is 4.91. The molecule has 0 bridgehead atoms. The minimum Gasteiger partial charge on any atom is -0.464 e. The van der Waals surface area contributed by atoms with Gasteiger partial charge in [0.05, 0.1) is 0 Å². The second-order valence-electron chi connectivity index (χ2n) is 6.06. The molecular formula is C24H18BrOP. The molecule has 3 heteroatoms. The number of hydrogen-bond acceptors (Lipinski definition) is 1. The first-order valence-corrected chi connectivity index (χ1v) is 10.8. The lowest BCUT2D eigenvalue weighted by Gasteiger charge is -2.21. The largest absolute Gasteiger partial charge is 0.464 e. The van der Waals surface area contributed by atoms with Crippen molar-refractivity contribution in [2.24, 2.45) is 0 Å². The minimum absolute atomic E-state index is 0.902. The van der Waals surface area contributed by atoms with Crippen molar-refractivity contribution in [2.45, 2.75) is 0 Å². The molecule has 132 valence electrons. The van der Waals surface area contributed by atoms with Crippen molar-refractivity contribution in [2.75, 3.05) is 0 Å². The van der Waals surface area contributed by atoms with Crippen molar-refractivity contribution in [1.82, 2.24) is 0 Å². The lowest BCUT2D eigenvalue weighted by atomic mass is 10.1. The molecule has 0 aliphatic heterocycles. The molecule has 0 aromatic heterocycles. The van der Waals surface area contributed by atoms with Crippen molar-refractivity contribution in [1.29, 1.82) is 0 Å². The van der Waals surface area contributed by atoms with Gasteiger partial charge in [-0.05, 0) is 23.8 Å². The van der Waals surface area contributed by atoms with Crippen LogP contribution in [0.3, 0.4) is 0 Å². The maximum absolute atomic E-state index is 6.66. The van der Waals surface area contributed by atoms with E-state index in [2.05, 4.69) is 107 Å². The highest BCUT2D eigenvalue weighted by atomic mass is 79.9. The molecule has 0 aliphatic rings. The minimum atomic E-state index is -0.949. The fourth-order valence-electron chi connectivity index (χ4n) is 2.89. The zero-order valence-electron chi connectivity index (χ0n) is 14.6. The van der Waals surface area contributed by atoms with E-state index in [0.717, 1.165) is 21.3 Å². The van der Waals surface area contributed by atoms with Gasteiger partial charge in [-0.2, -0.15) is 0 Å². The van der Waals surface area contributed by atoms with Gasteiger partial charge in [0.2, 0.25) is 0 Å².